The second-order valence-electron chi connectivity index (χ2n) is 6.58. The van der Waals surface area contributed by atoms with Crippen molar-refractivity contribution < 1.29 is 9.15 Å². The Labute approximate surface area is 157 Å². The maximum Gasteiger partial charge on any atom is 0.227 e. The minimum atomic E-state index is -0.312. The van der Waals surface area contributed by atoms with Gasteiger partial charge in [-0.05, 0) is 48.0 Å². The molecule has 1 unspecified atom stereocenters. The standard InChI is InChI=1S/C21H22N4O2/c1-24(2)15-6-4-14(5-7-15)20-23-21-18(12-13-27-21)19(22)25(20)16-8-10-17(26-3)11-9-16/h4-13,20H,22H2,1-3H3. The molecule has 6 heteroatoms. The number of ether oxygens (including phenoxy) is 1. The number of fused-ring (bicyclic) bond motifs is 1. The van der Waals surface area contributed by atoms with Crippen molar-refractivity contribution >= 4 is 17.2 Å². The fourth-order valence-electron chi connectivity index (χ4n) is 3.22. The molecule has 1 aromatic heterocycles. The molecule has 6 nitrogen and oxygen atoms in total. The molecule has 2 heterocycles. The molecule has 0 amide bonds. The van der Waals surface area contributed by atoms with Gasteiger partial charge in [-0.2, -0.15) is 0 Å². The van der Waals surface area contributed by atoms with Crippen molar-refractivity contribution in [3.8, 4) is 5.75 Å². The Morgan fingerprint density at radius 2 is 1.74 bits per heavy atom. The Morgan fingerprint density at radius 1 is 1.04 bits per heavy atom. The SMILES string of the molecule is COc1ccc(N2C(N)=c3ccoc3=NC2c2ccc(N(C)C)cc2)cc1. The van der Waals surface area contributed by atoms with Crippen molar-refractivity contribution in [3.63, 3.8) is 0 Å². The van der Waals surface area contributed by atoms with Crippen LogP contribution in [0.15, 0.2) is 70.3 Å². The summed E-state index contributed by atoms with van der Waals surface area (Å²) in [5, 5.41) is 0.798. The summed E-state index contributed by atoms with van der Waals surface area (Å²) in [6, 6.07) is 17.9. The molecule has 27 heavy (non-hydrogen) atoms. The normalized spacial score (nSPS) is 15.9. The Morgan fingerprint density at radius 3 is 2.37 bits per heavy atom. The van der Waals surface area contributed by atoms with Gasteiger partial charge in [0.05, 0.1) is 18.6 Å². The van der Waals surface area contributed by atoms with Crippen LogP contribution in [0.25, 0.3) is 5.82 Å². The smallest absolute Gasteiger partial charge is 0.227 e. The molecule has 1 atom stereocenters. The van der Waals surface area contributed by atoms with Crippen LogP contribution in [0.3, 0.4) is 0 Å². The molecule has 0 saturated carbocycles. The first-order chi connectivity index (χ1) is 13.1. The van der Waals surface area contributed by atoms with Gasteiger partial charge < -0.3 is 24.7 Å². The lowest BCUT2D eigenvalue weighted by molar-refractivity contribution is 0.415. The number of rotatable bonds is 4. The van der Waals surface area contributed by atoms with Crippen LogP contribution in [0.5, 0.6) is 5.75 Å². The summed E-state index contributed by atoms with van der Waals surface area (Å²) in [5.41, 5.74) is 10.2. The first-order valence-corrected chi connectivity index (χ1v) is 8.70. The molecule has 1 aliphatic rings. The van der Waals surface area contributed by atoms with E-state index in [-0.39, 0.29) is 6.17 Å². The third kappa shape index (κ3) is 2.99. The average molecular weight is 362 g/mol. The van der Waals surface area contributed by atoms with Crippen LogP contribution in [0.4, 0.5) is 11.4 Å². The predicted molar refractivity (Wildman–Crippen MR) is 106 cm³/mol. The lowest BCUT2D eigenvalue weighted by Crippen LogP contribution is -2.43. The molecule has 0 spiro atoms. The molecule has 0 radical (unpaired) electrons. The third-order valence-corrected chi connectivity index (χ3v) is 4.72. The zero-order valence-electron chi connectivity index (χ0n) is 15.6. The van der Waals surface area contributed by atoms with Gasteiger partial charge in [0.25, 0.3) is 0 Å². The van der Waals surface area contributed by atoms with E-state index in [4.69, 9.17) is 19.9 Å². The first-order valence-electron chi connectivity index (χ1n) is 8.70. The molecule has 1 aliphatic heterocycles. The summed E-state index contributed by atoms with van der Waals surface area (Å²) in [7, 11) is 5.69. The number of furan rings is 1. The Bertz CT molecular complexity index is 1050. The summed E-state index contributed by atoms with van der Waals surface area (Å²) in [5.74, 6) is 1.41. The summed E-state index contributed by atoms with van der Waals surface area (Å²) < 4.78 is 10.8. The molecule has 0 bridgehead atoms. The van der Waals surface area contributed by atoms with E-state index < -0.39 is 0 Å². The van der Waals surface area contributed by atoms with Crippen LogP contribution >= 0.6 is 0 Å². The third-order valence-electron chi connectivity index (χ3n) is 4.72. The van der Waals surface area contributed by atoms with Crippen LogP contribution in [0.2, 0.25) is 0 Å². The van der Waals surface area contributed by atoms with Gasteiger partial charge in [0.2, 0.25) is 5.55 Å². The van der Waals surface area contributed by atoms with Crippen molar-refractivity contribution in [3.05, 3.63) is 77.2 Å². The quantitative estimate of drug-likeness (QED) is 0.771. The van der Waals surface area contributed by atoms with Gasteiger partial charge in [0.15, 0.2) is 6.17 Å². The molecule has 138 valence electrons. The highest BCUT2D eigenvalue weighted by atomic mass is 16.5. The van der Waals surface area contributed by atoms with Gasteiger partial charge in [0, 0.05) is 25.5 Å². The second kappa shape index (κ2) is 6.72. The molecule has 3 aromatic rings. The fourth-order valence-corrected chi connectivity index (χ4v) is 3.22. The van der Waals surface area contributed by atoms with Gasteiger partial charge in [-0.25, -0.2) is 4.99 Å². The highest BCUT2D eigenvalue weighted by Crippen LogP contribution is 2.33. The van der Waals surface area contributed by atoms with Crippen LogP contribution in [-0.4, -0.2) is 21.2 Å². The fraction of sp³-hybridized carbons (Fsp3) is 0.190. The lowest BCUT2D eigenvalue weighted by Gasteiger charge is -2.33. The summed E-state index contributed by atoms with van der Waals surface area (Å²) in [6.07, 6.45) is 1.30. The van der Waals surface area contributed by atoms with Gasteiger partial charge >= 0.3 is 0 Å². The number of hydrogen-bond acceptors (Lipinski definition) is 6. The minimum Gasteiger partial charge on any atom is -0.497 e. The maximum absolute atomic E-state index is 6.53. The van der Waals surface area contributed by atoms with E-state index in [9.17, 15) is 0 Å². The van der Waals surface area contributed by atoms with E-state index in [1.165, 1.54) is 0 Å². The van der Waals surface area contributed by atoms with Crippen molar-refractivity contribution in [1.82, 2.24) is 0 Å². The molecule has 2 N–H and O–H groups in total. The second-order valence-corrected chi connectivity index (χ2v) is 6.58. The molecule has 0 fully saturated rings. The van der Waals surface area contributed by atoms with Crippen molar-refractivity contribution in [2.45, 2.75) is 6.17 Å². The van der Waals surface area contributed by atoms with Crippen LogP contribution in [-0.2, 0) is 0 Å². The van der Waals surface area contributed by atoms with Gasteiger partial charge in [0.1, 0.15) is 11.6 Å². The zero-order chi connectivity index (χ0) is 19.0. The molecule has 4 rings (SSSR count). The van der Waals surface area contributed by atoms with E-state index in [1.54, 1.807) is 13.4 Å². The Kier molecular flexibility index (Phi) is 4.24. The van der Waals surface area contributed by atoms with Crippen LogP contribution in [0.1, 0.15) is 11.7 Å². The highest BCUT2D eigenvalue weighted by Gasteiger charge is 2.27. The van der Waals surface area contributed by atoms with Gasteiger partial charge in [-0.15, -0.1) is 0 Å². The maximum atomic E-state index is 6.53. The van der Waals surface area contributed by atoms with E-state index in [2.05, 4.69) is 29.2 Å². The van der Waals surface area contributed by atoms with E-state index in [0.717, 1.165) is 27.9 Å². The van der Waals surface area contributed by atoms with Crippen molar-refractivity contribution in [2.24, 2.45) is 10.7 Å². The molecule has 2 aromatic carbocycles. The largest absolute Gasteiger partial charge is 0.497 e. The number of benzene rings is 2. The van der Waals surface area contributed by atoms with Crippen molar-refractivity contribution in [2.75, 3.05) is 31.0 Å². The first kappa shape index (κ1) is 17.0. The number of nitrogens with zero attached hydrogens (tertiary/aromatic N) is 3. The minimum absolute atomic E-state index is 0.312. The summed E-state index contributed by atoms with van der Waals surface area (Å²) >= 11 is 0. The number of hydrogen-bond donors (Lipinski definition) is 1. The molecular weight excluding hydrogens is 340 g/mol. The highest BCUT2D eigenvalue weighted by molar-refractivity contribution is 5.69. The molecule has 0 aliphatic carbocycles. The van der Waals surface area contributed by atoms with E-state index >= 15 is 0 Å². The Balaban J connectivity index is 1.84. The van der Waals surface area contributed by atoms with Crippen molar-refractivity contribution in [1.29, 1.82) is 0 Å². The number of methoxy groups -OCH3 is 1. The molecular formula is C21H22N4O2. The van der Waals surface area contributed by atoms with E-state index in [1.807, 2.05) is 49.3 Å². The zero-order valence-corrected chi connectivity index (χ0v) is 15.6. The summed E-state index contributed by atoms with van der Waals surface area (Å²) in [6.45, 7) is 0. The predicted octanol–water partition coefficient (Wildman–Crippen LogP) is 2.22. The van der Waals surface area contributed by atoms with E-state index in [0.29, 0.717) is 11.4 Å². The Hall–Kier alpha value is -3.41. The van der Waals surface area contributed by atoms with Gasteiger partial charge in [-0.3, -0.25) is 0 Å². The lowest BCUT2D eigenvalue weighted by atomic mass is 10.1. The average Bonchev–Trinajstić information content (AvgIpc) is 3.17. The number of nitrogens with two attached hydrogens (primary N) is 1. The topological polar surface area (TPSA) is 67.2 Å². The van der Waals surface area contributed by atoms with Crippen LogP contribution in [0, 0.1) is 0 Å². The van der Waals surface area contributed by atoms with Gasteiger partial charge in [-0.1, -0.05) is 12.1 Å². The monoisotopic (exact) mass is 362 g/mol. The number of anilines is 2. The van der Waals surface area contributed by atoms with Crippen LogP contribution < -0.4 is 31.0 Å². The summed E-state index contributed by atoms with van der Waals surface area (Å²) in [4.78, 5) is 8.89. The molecule has 0 saturated heterocycles.